The number of nitrogens with zero attached hydrogens (tertiary/aromatic N) is 1. The number of nitriles is 1. The first-order valence-corrected chi connectivity index (χ1v) is 5.33. The van der Waals surface area contributed by atoms with Gasteiger partial charge in [-0.05, 0) is 24.5 Å². The zero-order valence-electron chi connectivity index (χ0n) is 8.57. The molecule has 2 nitrogen and oxygen atoms in total. The minimum Gasteiger partial charge on any atom is -0.294 e. The Morgan fingerprint density at radius 2 is 2.00 bits per heavy atom. The lowest BCUT2D eigenvalue weighted by atomic mass is 10.0. The van der Waals surface area contributed by atoms with Crippen molar-refractivity contribution in [3.8, 4) is 6.07 Å². The largest absolute Gasteiger partial charge is 0.294 e. The molecule has 0 N–H and O–H groups in total. The van der Waals surface area contributed by atoms with Gasteiger partial charge in [-0.3, -0.25) is 4.79 Å². The molecule has 76 valence electrons. The Labute approximate surface area is 89.5 Å². The van der Waals surface area contributed by atoms with Gasteiger partial charge in [0.1, 0.15) is 0 Å². The highest BCUT2D eigenvalue weighted by atomic mass is 16.1. The first-order chi connectivity index (χ1) is 7.29. The van der Waals surface area contributed by atoms with E-state index in [1.165, 1.54) is 12.8 Å². The van der Waals surface area contributed by atoms with Crippen LogP contribution in [0, 0.1) is 17.2 Å². The molecule has 1 aliphatic carbocycles. The standard InChI is InChI=1S/C13H13NO/c14-9-11-3-6-12(7-4-11)13(15)8-5-10-1-2-10/h3-4,6-7,10H,1-2,5,8H2. The second-order valence-electron chi connectivity index (χ2n) is 4.09. The van der Waals surface area contributed by atoms with Gasteiger partial charge in [0.25, 0.3) is 0 Å². The van der Waals surface area contributed by atoms with Gasteiger partial charge in [0.05, 0.1) is 11.6 Å². The van der Waals surface area contributed by atoms with Crippen molar-refractivity contribution in [1.29, 1.82) is 5.26 Å². The molecule has 0 aliphatic heterocycles. The van der Waals surface area contributed by atoms with Gasteiger partial charge in [0.15, 0.2) is 5.78 Å². The molecule has 0 radical (unpaired) electrons. The summed E-state index contributed by atoms with van der Waals surface area (Å²) >= 11 is 0. The summed E-state index contributed by atoms with van der Waals surface area (Å²) in [7, 11) is 0. The van der Waals surface area contributed by atoms with Crippen molar-refractivity contribution in [3.05, 3.63) is 35.4 Å². The fourth-order valence-corrected chi connectivity index (χ4v) is 1.62. The van der Waals surface area contributed by atoms with Gasteiger partial charge < -0.3 is 0 Å². The van der Waals surface area contributed by atoms with E-state index < -0.39 is 0 Å². The van der Waals surface area contributed by atoms with Crippen molar-refractivity contribution in [3.63, 3.8) is 0 Å². The van der Waals surface area contributed by atoms with E-state index in [-0.39, 0.29) is 5.78 Å². The van der Waals surface area contributed by atoms with E-state index in [1.807, 2.05) is 6.07 Å². The average Bonchev–Trinajstić information content (AvgIpc) is 3.10. The highest BCUT2D eigenvalue weighted by Gasteiger charge is 2.22. The molecular weight excluding hydrogens is 186 g/mol. The number of Topliss-reactive ketones (excluding diaryl/α,β-unsaturated/α-hetero) is 1. The topological polar surface area (TPSA) is 40.9 Å². The number of ketones is 1. The van der Waals surface area contributed by atoms with Gasteiger partial charge in [0, 0.05) is 12.0 Å². The summed E-state index contributed by atoms with van der Waals surface area (Å²) in [6.45, 7) is 0. The second-order valence-corrected chi connectivity index (χ2v) is 4.09. The van der Waals surface area contributed by atoms with Gasteiger partial charge in [-0.1, -0.05) is 25.0 Å². The summed E-state index contributed by atoms with van der Waals surface area (Å²) < 4.78 is 0. The van der Waals surface area contributed by atoms with Crippen LogP contribution in [0.25, 0.3) is 0 Å². The van der Waals surface area contributed by atoms with Crippen LogP contribution in [0.4, 0.5) is 0 Å². The number of rotatable bonds is 4. The fourth-order valence-electron chi connectivity index (χ4n) is 1.62. The predicted octanol–water partition coefficient (Wildman–Crippen LogP) is 2.93. The molecule has 1 aliphatic rings. The van der Waals surface area contributed by atoms with Crippen LogP contribution >= 0.6 is 0 Å². The third-order valence-electron chi connectivity index (χ3n) is 2.81. The number of carbonyl (C=O) groups is 1. The highest BCUT2D eigenvalue weighted by Crippen LogP contribution is 2.33. The Balaban J connectivity index is 1.95. The van der Waals surface area contributed by atoms with Crippen molar-refractivity contribution in [2.45, 2.75) is 25.7 Å². The molecule has 0 saturated heterocycles. The molecule has 0 aromatic heterocycles. The molecule has 0 bridgehead atoms. The first kappa shape index (κ1) is 9.92. The summed E-state index contributed by atoms with van der Waals surface area (Å²) in [5.74, 6) is 0.999. The monoisotopic (exact) mass is 199 g/mol. The average molecular weight is 199 g/mol. The third kappa shape index (κ3) is 2.66. The number of hydrogen-bond acceptors (Lipinski definition) is 2. The van der Waals surface area contributed by atoms with Gasteiger partial charge in [-0.25, -0.2) is 0 Å². The fraction of sp³-hybridized carbons (Fsp3) is 0.385. The summed E-state index contributed by atoms with van der Waals surface area (Å²) in [6.07, 6.45) is 4.26. The van der Waals surface area contributed by atoms with Crippen LogP contribution in [0.15, 0.2) is 24.3 Å². The van der Waals surface area contributed by atoms with Gasteiger partial charge in [0.2, 0.25) is 0 Å². The van der Waals surface area contributed by atoms with Crippen LogP contribution in [0.5, 0.6) is 0 Å². The minimum absolute atomic E-state index is 0.200. The van der Waals surface area contributed by atoms with E-state index >= 15 is 0 Å². The Morgan fingerprint density at radius 1 is 1.33 bits per heavy atom. The Bertz CT molecular complexity index is 396. The molecule has 1 fully saturated rings. The minimum atomic E-state index is 0.200. The SMILES string of the molecule is N#Cc1ccc(C(=O)CCC2CC2)cc1. The lowest BCUT2D eigenvalue weighted by molar-refractivity contribution is 0.0978. The molecule has 0 unspecified atom stereocenters. The summed E-state index contributed by atoms with van der Waals surface area (Å²) in [6, 6.07) is 8.93. The molecule has 2 rings (SSSR count). The summed E-state index contributed by atoms with van der Waals surface area (Å²) in [5, 5.41) is 8.62. The predicted molar refractivity (Wildman–Crippen MR) is 57.4 cm³/mol. The number of carbonyl (C=O) groups excluding carboxylic acids is 1. The second kappa shape index (κ2) is 4.27. The van der Waals surface area contributed by atoms with E-state index in [2.05, 4.69) is 0 Å². The Hall–Kier alpha value is -1.62. The Morgan fingerprint density at radius 3 is 2.53 bits per heavy atom. The quantitative estimate of drug-likeness (QED) is 0.699. The van der Waals surface area contributed by atoms with Crippen molar-refractivity contribution in [2.75, 3.05) is 0 Å². The summed E-state index contributed by atoms with van der Waals surface area (Å²) in [4.78, 5) is 11.7. The molecule has 1 aromatic rings. The lowest BCUT2D eigenvalue weighted by Gasteiger charge is -1.99. The molecule has 0 amide bonds. The maximum absolute atomic E-state index is 11.7. The van der Waals surface area contributed by atoms with Crippen LogP contribution in [0.3, 0.4) is 0 Å². The number of benzene rings is 1. The van der Waals surface area contributed by atoms with Crippen LogP contribution in [-0.4, -0.2) is 5.78 Å². The van der Waals surface area contributed by atoms with Crippen molar-refractivity contribution in [2.24, 2.45) is 5.92 Å². The van der Waals surface area contributed by atoms with E-state index in [1.54, 1.807) is 24.3 Å². The third-order valence-corrected chi connectivity index (χ3v) is 2.81. The van der Waals surface area contributed by atoms with Gasteiger partial charge in [-0.2, -0.15) is 5.26 Å². The highest BCUT2D eigenvalue weighted by molar-refractivity contribution is 5.96. The molecule has 1 saturated carbocycles. The van der Waals surface area contributed by atoms with Gasteiger partial charge >= 0.3 is 0 Å². The number of hydrogen-bond donors (Lipinski definition) is 0. The van der Waals surface area contributed by atoms with E-state index in [4.69, 9.17) is 5.26 Å². The lowest BCUT2D eigenvalue weighted by Crippen LogP contribution is -1.99. The molecular formula is C13H13NO. The van der Waals surface area contributed by atoms with E-state index in [0.29, 0.717) is 12.0 Å². The van der Waals surface area contributed by atoms with Crippen LogP contribution in [0.2, 0.25) is 0 Å². The molecule has 0 heterocycles. The maximum atomic E-state index is 11.7. The zero-order chi connectivity index (χ0) is 10.7. The molecule has 0 spiro atoms. The normalized spacial score (nSPS) is 14.6. The van der Waals surface area contributed by atoms with E-state index in [0.717, 1.165) is 17.9 Å². The smallest absolute Gasteiger partial charge is 0.162 e. The Kier molecular flexibility index (Phi) is 2.82. The van der Waals surface area contributed by atoms with Crippen molar-refractivity contribution in [1.82, 2.24) is 0 Å². The molecule has 15 heavy (non-hydrogen) atoms. The van der Waals surface area contributed by atoms with E-state index in [9.17, 15) is 4.79 Å². The van der Waals surface area contributed by atoms with Crippen LogP contribution in [-0.2, 0) is 0 Å². The summed E-state index contributed by atoms with van der Waals surface area (Å²) in [5.41, 5.74) is 1.34. The van der Waals surface area contributed by atoms with Crippen molar-refractivity contribution < 1.29 is 4.79 Å². The maximum Gasteiger partial charge on any atom is 0.162 e. The van der Waals surface area contributed by atoms with Crippen LogP contribution in [0.1, 0.15) is 41.6 Å². The van der Waals surface area contributed by atoms with Crippen LogP contribution < -0.4 is 0 Å². The zero-order valence-corrected chi connectivity index (χ0v) is 8.57. The molecule has 1 aromatic carbocycles. The molecule has 0 atom stereocenters. The van der Waals surface area contributed by atoms with Gasteiger partial charge in [-0.15, -0.1) is 0 Å². The first-order valence-electron chi connectivity index (χ1n) is 5.33. The molecule has 2 heteroatoms. The van der Waals surface area contributed by atoms with Crippen molar-refractivity contribution >= 4 is 5.78 Å².